The Morgan fingerprint density at radius 3 is 2.83 bits per heavy atom. The lowest BCUT2D eigenvalue weighted by Crippen LogP contribution is -2.09. The van der Waals surface area contributed by atoms with Crippen LogP contribution in [0.5, 0.6) is 5.75 Å². The van der Waals surface area contributed by atoms with Gasteiger partial charge in [0.1, 0.15) is 24.2 Å². The van der Waals surface area contributed by atoms with Crippen LogP contribution in [0.2, 0.25) is 0 Å². The number of hydrogen-bond donors (Lipinski definition) is 1. The second-order valence-electron chi connectivity index (χ2n) is 5.91. The van der Waals surface area contributed by atoms with Crippen LogP contribution in [-0.4, -0.2) is 26.1 Å². The number of ether oxygens (including phenoxy) is 1. The molecule has 0 saturated carbocycles. The quantitative estimate of drug-likeness (QED) is 0.783. The summed E-state index contributed by atoms with van der Waals surface area (Å²) in [6, 6.07) is 6.34. The van der Waals surface area contributed by atoms with E-state index in [-0.39, 0.29) is 0 Å². The van der Waals surface area contributed by atoms with Crippen LogP contribution in [0.15, 0.2) is 30.9 Å². The molecule has 0 spiro atoms. The molecule has 120 valence electrons. The molecule has 3 aromatic rings. The van der Waals surface area contributed by atoms with Crippen molar-refractivity contribution in [1.29, 1.82) is 0 Å². The molecule has 3 rings (SSSR count). The average molecular weight is 311 g/mol. The summed E-state index contributed by atoms with van der Waals surface area (Å²) in [6.07, 6.45) is 3.17. The monoisotopic (exact) mass is 311 g/mol. The standard InChI is InChI=1S/C17H21N5O/c1-11(2)13-5-4-12(3)8-14(13)23-7-6-22-10-21-15-16(18)19-9-20-17(15)22/h4-5,8-11H,6-7H2,1-3H3,(H2,18,19,20). The smallest absolute Gasteiger partial charge is 0.165 e. The number of nitrogen functional groups attached to an aromatic ring is 1. The zero-order chi connectivity index (χ0) is 16.4. The van der Waals surface area contributed by atoms with Gasteiger partial charge in [-0.25, -0.2) is 15.0 Å². The molecular weight excluding hydrogens is 290 g/mol. The third kappa shape index (κ3) is 3.11. The molecule has 0 bridgehead atoms. The predicted octanol–water partition coefficient (Wildman–Crippen LogP) is 2.92. The third-order valence-electron chi connectivity index (χ3n) is 3.81. The number of imidazole rings is 1. The van der Waals surface area contributed by atoms with E-state index < -0.39 is 0 Å². The van der Waals surface area contributed by atoms with Crippen molar-refractivity contribution >= 4 is 17.0 Å². The Bertz CT molecular complexity index is 825. The summed E-state index contributed by atoms with van der Waals surface area (Å²) in [6.45, 7) is 7.60. The molecular formula is C17H21N5O. The first-order valence-corrected chi connectivity index (χ1v) is 7.71. The maximum atomic E-state index is 6.01. The first-order chi connectivity index (χ1) is 11.1. The summed E-state index contributed by atoms with van der Waals surface area (Å²) in [7, 11) is 0. The molecule has 23 heavy (non-hydrogen) atoms. The van der Waals surface area contributed by atoms with E-state index in [0.29, 0.717) is 30.4 Å². The molecule has 2 aromatic heterocycles. The zero-order valence-electron chi connectivity index (χ0n) is 13.7. The van der Waals surface area contributed by atoms with Gasteiger partial charge in [-0.15, -0.1) is 0 Å². The van der Waals surface area contributed by atoms with Gasteiger partial charge in [-0.05, 0) is 30.0 Å². The SMILES string of the molecule is Cc1ccc(C(C)C)c(OCCn2cnc3c(N)ncnc32)c1. The van der Waals surface area contributed by atoms with Crippen molar-refractivity contribution in [2.75, 3.05) is 12.3 Å². The fourth-order valence-electron chi connectivity index (χ4n) is 2.56. The molecule has 0 radical (unpaired) electrons. The van der Waals surface area contributed by atoms with Gasteiger partial charge in [0.15, 0.2) is 11.5 Å². The molecule has 0 saturated heterocycles. The maximum absolute atomic E-state index is 6.01. The Kier molecular flexibility index (Phi) is 4.14. The summed E-state index contributed by atoms with van der Waals surface area (Å²) in [5.41, 5.74) is 9.57. The lowest BCUT2D eigenvalue weighted by Gasteiger charge is -2.15. The number of anilines is 1. The first-order valence-electron chi connectivity index (χ1n) is 7.71. The lowest BCUT2D eigenvalue weighted by molar-refractivity contribution is 0.295. The number of fused-ring (bicyclic) bond motifs is 1. The molecule has 0 atom stereocenters. The highest BCUT2D eigenvalue weighted by molar-refractivity contribution is 5.81. The molecule has 0 amide bonds. The largest absolute Gasteiger partial charge is 0.491 e. The minimum absolute atomic E-state index is 0.399. The Hall–Kier alpha value is -2.63. The molecule has 2 heterocycles. The number of benzene rings is 1. The second-order valence-corrected chi connectivity index (χ2v) is 5.91. The van der Waals surface area contributed by atoms with Gasteiger partial charge in [-0.1, -0.05) is 26.0 Å². The Balaban J connectivity index is 1.74. The van der Waals surface area contributed by atoms with Gasteiger partial charge in [0.25, 0.3) is 0 Å². The fourth-order valence-corrected chi connectivity index (χ4v) is 2.56. The van der Waals surface area contributed by atoms with Gasteiger partial charge in [0.2, 0.25) is 0 Å². The topological polar surface area (TPSA) is 78.9 Å². The Morgan fingerprint density at radius 1 is 1.22 bits per heavy atom. The zero-order valence-corrected chi connectivity index (χ0v) is 13.7. The summed E-state index contributed by atoms with van der Waals surface area (Å²) in [5.74, 6) is 1.77. The van der Waals surface area contributed by atoms with Crippen molar-refractivity contribution < 1.29 is 4.74 Å². The fraction of sp³-hybridized carbons (Fsp3) is 0.353. The van der Waals surface area contributed by atoms with E-state index in [1.165, 1.54) is 17.5 Å². The summed E-state index contributed by atoms with van der Waals surface area (Å²) in [5, 5.41) is 0. The van der Waals surface area contributed by atoms with E-state index in [1.807, 2.05) is 4.57 Å². The molecule has 6 nitrogen and oxygen atoms in total. The molecule has 0 fully saturated rings. The van der Waals surface area contributed by atoms with Crippen LogP contribution in [0.3, 0.4) is 0 Å². The number of aromatic nitrogens is 4. The van der Waals surface area contributed by atoms with Crippen molar-refractivity contribution in [3.8, 4) is 5.75 Å². The molecule has 1 aromatic carbocycles. The van der Waals surface area contributed by atoms with E-state index in [4.69, 9.17) is 10.5 Å². The van der Waals surface area contributed by atoms with E-state index in [1.54, 1.807) is 6.33 Å². The number of aryl methyl sites for hydroxylation is 1. The minimum Gasteiger partial charge on any atom is -0.491 e. The van der Waals surface area contributed by atoms with Crippen LogP contribution in [0.4, 0.5) is 5.82 Å². The first kappa shape index (κ1) is 15.3. The average Bonchev–Trinajstić information content (AvgIpc) is 2.92. The maximum Gasteiger partial charge on any atom is 0.165 e. The lowest BCUT2D eigenvalue weighted by atomic mass is 10.0. The van der Waals surface area contributed by atoms with Crippen molar-refractivity contribution in [1.82, 2.24) is 19.5 Å². The number of nitrogens with two attached hydrogens (primary N) is 1. The van der Waals surface area contributed by atoms with Crippen LogP contribution in [0, 0.1) is 6.92 Å². The van der Waals surface area contributed by atoms with Crippen molar-refractivity contribution in [2.45, 2.75) is 33.2 Å². The van der Waals surface area contributed by atoms with Crippen molar-refractivity contribution in [2.24, 2.45) is 0 Å². The van der Waals surface area contributed by atoms with Crippen LogP contribution < -0.4 is 10.5 Å². The molecule has 0 aliphatic carbocycles. The van der Waals surface area contributed by atoms with E-state index in [0.717, 1.165) is 11.4 Å². The number of nitrogens with zero attached hydrogens (tertiary/aromatic N) is 4. The predicted molar refractivity (Wildman–Crippen MR) is 90.5 cm³/mol. The highest BCUT2D eigenvalue weighted by atomic mass is 16.5. The van der Waals surface area contributed by atoms with E-state index >= 15 is 0 Å². The Morgan fingerprint density at radius 2 is 2.04 bits per heavy atom. The van der Waals surface area contributed by atoms with Gasteiger partial charge in [0.05, 0.1) is 12.9 Å². The minimum atomic E-state index is 0.399. The van der Waals surface area contributed by atoms with Gasteiger partial charge in [0, 0.05) is 0 Å². The van der Waals surface area contributed by atoms with Crippen molar-refractivity contribution in [3.05, 3.63) is 42.0 Å². The van der Waals surface area contributed by atoms with Crippen LogP contribution in [0.25, 0.3) is 11.2 Å². The molecule has 6 heteroatoms. The van der Waals surface area contributed by atoms with Crippen molar-refractivity contribution in [3.63, 3.8) is 0 Å². The van der Waals surface area contributed by atoms with Gasteiger partial charge < -0.3 is 15.0 Å². The molecule has 0 aliphatic heterocycles. The molecule has 2 N–H and O–H groups in total. The van der Waals surface area contributed by atoms with E-state index in [9.17, 15) is 0 Å². The van der Waals surface area contributed by atoms with Gasteiger partial charge in [-0.2, -0.15) is 0 Å². The second kappa shape index (κ2) is 6.24. The number of hydrogen-bond acceptors (Lipinski definition) is 5. The highest BCUT2D eigenvalue weighted by Crippen LogP contribution is 2.27. The number of rotatable bonds is 5. The highest BCUT2D eigenvalue weighted by Gasteiger charge is 2.10. The van der Waals surface area contributed by atoms with Gasteiger partial charge in [-0.3, -0.25) is 0 Å². The third-order valence-corrected chi connectivity index (χ3v) is 3.81. The summed E-state index contributed by atoms with van der Waals surface area (Å²) in [4.78, 5) is 12.5. The molecule has 0 unspecified atom stereocenters. The normalized spacial score (nSPS) is 11.3. The Labute approximate surface area is 135 Å². The summed E-state index contributed by atoms with van der Waals surface area (Å²) >= 11 is 0. The van der Waals surface area contributed by atoms with Crippen LogP contribution >= 0.6 is 0 Å². The van der Waals surface area contributed by atoms with Crippen LogP contribution in [0.1, 0.15) is 30.9 Å². The summed E-state index contributed by atoms with van der Waals surface area (Å²) < 4.78 is 7.94. The van der Waals surface area contributed by atoms with E-state index in [2.05, 4.69) is 53.9 Å². The van der Waals surface area contributed by atoms with Crippen LogP contribution in [-0.2, 0) is 6.54 Å². The van der Waals surface area contributed by atoms with Gasteiger partial charge >= 0.3 is 0 Å². The molecule has 0 aliphatic rings.